The van der Waals surface area contributed by atoms with Crippen LogP contribution in [0.5, 0.6) is 0 Å². The van der Waals surface area contributed by atoms with E-state index in [1.807, 2.05) is 18.7 Å². The zero-order valence-electron chi connectivity index (χ0n) is 11.8. The Labute approximate surface area is 117 Å². The van der Waals surface area contributed by atoms with Gasteiger partial charge in [-0.1, -0.05) is 51.2 Å². The van der Waals surface area contributed by atoms with Crippen LogP contribution in [0.2, 0.25) is 0 Å². The maximum atomic E-state index is 5.90. The number of hydrogen-bond donors (Lipinski definition) is 1. The van der Waals surface area contributed by atoms with E-state index in [2.05, 4.69) is 31.2 Å². The second kappa shape index (κ2) is 9.46. The number of benzene rings is 1. The lowest BCUT2D eigenvalue weighted by Crippen LogP contribution is -2.04. The zero-order chi connectivity index (χ0) is 13.2. The highest BCUT2D eigenvalue weighted by molar-refractivity contribution is 7.99. The fraction of sp³-hybridized carbons (Fsp3) is 0.625. The topological polar surface area (TPSA) is 26.0 Å². The molecule has 2 heteroatoms. The molecule has 1 nitrogen and oxygen atoms in total. The van der Waals surface area contributed by atoms with E-state index in [-0.39, 0.29) is 6.04 Å². The van der Waals surface area contributed by atoms with Crippen molar-refractivity contribution in [3.8, 4) is 0 Å². The quantitative estimate of drug-likeness (QED) is 0.493. The van der Waals surface area contributed by atoms with Crippen molar-refractivity contribution < 1.29 is 0 Å². The number of nitrogens with two attached hydrogens (primary N) is 1. The highest BCUT2D eigenvalue weighted by Gasteiger charge is 2.00. The lowest BCUT2D eigenvalue weighted by atomic mass is 10.1. The van der Waals surface area contributed by atoms with Crippen LogP contribution < -0.4 is 5.73 Å². The zero-order valence-corrected chi connectivity index (χ0v) is 12.6. The molecule has 1 aromatic rings. The van der Waals surface area contributed by atoms with Gasteiger partial charge in [0.05, 0.1) is 0 Å². The van der Waals surface area contributed by atoms with Crippen LogP contribution in [0.15, 0.2) is 29.2 Å². The molecular weight excluding hydrogens is 238 g/mol. The third-order valence-electron chi connectivity index (χ3n) is 3.15. The van der Waals surface area contributed by atoms with Gasteiger partial charge in [-0.25, -0.2) is 0 Å². The van der Waals surface area contributed by atoms with Crippen molar-refractivity contribution in [1.82, 2.24) is 0 Å². The molecule has 0 saturated carbocycles. The Hall–Kier alpha value is -0.470. The summed E-state index contributed by atoms with van der Waals surface area (Å²) in [5.74, 6) is 1.23. The van der Waals surface area contributed by atoms with Gasteiger partial charge >= 0.3 is 0 Å². The van der Waals surface area contributed by atoms with Crippen molar-refractivity contribution >= 4 is 11.8 Å². The molecule has 1 atom stereocenters. The molecule has 18 heavy (non-hydrogen) atoms. The van der Waals surface area contributed by atoms with Crippen molar-refractivity contribution in [3.63, 3.8) is 0 Å². The second-order valence-corrected chi connectivity index (χ2v) is 6.15. The van der Waals surface area contributed by atoms with Gasteiger partial charge in [-0.2, -0.15) is 0 Å². The molecule has 0 bridgehead atoms. The summed E-state index contributed by atoms with van der Waals surface area (Å²) >= 11 is 1.96. The molecule has 0 radical (unpaired) electrons. The van der Waals surface area contributed by atoms with Crippen LogP contribution in [0.4, 0.5) is 0 Å². The van der Waals surface area contributed by atoms with E-state index in [0.717, 1.165) is 0 Å². The monoisotopic (exact) mass is 265 g/mol. The maximum Gasteiger partial charge on any atom is 0.0266 e. The summed E-state index contributed by atoms with van der Waals surface area (Å²) in [6.45, 7) is 4.30. The smallest absolute Gasteiger partial charge is 0.0266 e. The highest BCUT2D eigenvalue weighted by Crippen LogP contribution is 2.23. The van der Waals surface area contributed by atoms with Gasteiger partial charge in [0.2, 0.25) is 0 Å². The molecule has 0 heterocycles. The first-order chi connectivity index (χ1) is 8.74. The predicted molar refractivity (Wildman–Crippen MR) is 83.1 cm³/mol. The third-order valence-corrected chi connectivity index (χ3v) is 4.23. The lowest BCUT2D eigenvalue weighted by molar-refractivity contribution is 0.627. The van der Waals surface area contributed by atoms with E-state index in [0.29, 0.717) is 0 Å². The van der Waals surface area contributed by atoms with Crippen LogP contribution in [0.1, 0.15) is 64.0 Å². The van der Waals surface area contributed by atoms with Gasteiger partial charge in [-0.3, -0.25) is 0 Å². The summed E-state index contributed by atoms with van der Waals surface area (Å²) in [5.41, 5.74) is 7.14. The van der Waals surface area contributed by atoms with Crippen LogP contribution >= 0.6 is 11.8 Å². The Balaban J connectivity index is 2.17. The minimum atomic E-state index is 0.139. The minimum absolute atomic E-state index is 0.139. The number of hydrogen-bond acceptors (Lipinski definition) is 2. The lowest BCUT2D eigenvalue weighted by Gasteiger charge is -2.08. The fourth-order valence-corrected chi connectivity index (χ4v) is 2.94. The molecule has 0 aromatic heterocycles. The van der Waals surface area contributed by atoms with Gasteiger partial charge in [-0.05, 0) is 36.8 Å². The molecule has 0 aliphatic carbocycles. The van der Waals surface area contributed by atoms with E-state index in [9.17, 15) is 0 Å². The van der Waals surface area contributed by atoms with E-state index in [1.165, 1.54) is 54.7 Å². The second-order valence-electron chi connectivity index (χ2n) is 4.98. The molecule has 1 rings (SSSR count). The summed E-state index contributed by atoms with van der Waals surface area (Å²) < 4.78 is 0. The first-order valence-corrected chi connectivity index (χ1v) is 8.21. The molecule has 0 amide bonds. The molecule has 1 unspecified atom stereocenters. The van der Waals surface area contributed by atoms with Crippen LogP contribution in [-0.4, -0.2) is 5.75 Å². The van der Waals surface area contributed by atoms with Gasteiger partial charge in [0.25, 0.3) is 0 Å². The van der Waals surface area contributed by atoms with Crippen molar-refractivity contribution in [3.05, 3.63) is 29.8 Å². The summed E-state index contributed by atoms with van der Waals surface area (Å²) in [6.07, 6.45) is 8.23. The largest absolute Gasteiger partial charge is 0.324 e. The molecule has 2 N–H and O–H groups in total. The highest BCUT2D eigenvalue weighted by atomic mass is 32.2. The molecular formula is C16H27NS. The Kier molecular flexibility index (Phi) is 8.19. The van der Waals surface area contributed by atoms with Crippen LogP contribution in [-0.2, 0) is 0 Å². The van der Waals surface area contributed by atoms with E-state index in [1.54, 1.807) is 0 Å². The average molecular weight is 265 g/mol. The van der Waals surface area contributed by atoms with Crippen LogP contribution in [0.25, 0.3) is 0 Å². The summed E-state index contributed by atoms with van der Waals surface area (Å²) in [4.78, 5) is 1.36. The summed E-state index contributed by atoms with van der Waals surface area (Å²) in [5, 5.41) is 0. The number of rotatable bonds is 9. The molecule has 0 spiro atoms. The van der Waals surface area contributed by atoms with Gasteiger partial charge < -0.3 is 5.73 Å². The van der Waals surface area contributed by atoms with Gasteiger partial charge in [-0.15, -0.1) is 11.8 Å². The normalized spacial score (nSPS) is 12.6. The number of unbranched alkanes of at least 4 members (excludes halogenated alkanes) is 5. The minimum Gasteiger partial charge on any atom is -0.324 e. The number of thioether (sulfide) groups is 1. The first-order valence-electron chi connectivity index (χ1n) is 7.22. The van der Waals surface area contributed by atoms with Crippen molar-refractivity contribution in [1.29, 1.82) is 0 Å². The van der Waals surface area contributed by atoms with Crippen LogP contribution in [0.3, 0.4) is 0 Å². The Morgan fingerprint density at radius 2 is 1.83 bits per heavy atom. The molecule has 0 aliphatic heterocycles. The molecule has 0 aliphatic rings. The van der Waals surface area contributed by atoms with Crippen molar-refractivity contribution in [2.75, 3.05) is 5.75 Å². The van der Waals surface area contributed by atoms with Gasteiger partial charge in [0, 0.05) is 10.9 Å². The standard InChI is InChI=1S/C16H27NS/c1-3-4-5-6-7-8-12-18-16-11-9-10-15(13-16)14(2)17/h9-11,13-14H,3-8,12,17H2,1-2H3. The first kappa shape index (κ1) is 15.6. The van der Waals surface area contributed by atoms with E-state index < -0.39 is 0 Å². The predicted octanol–water partition coefficient (Wildman–Crippen LogP) is 5.16. The van der Waals surface area contributed by atoms with Gasteiger partial charge in [0.15, 0.2) is 0 Å². The molecule has 1 aromatic carbocycles. The van der Waals surface area contributed by atoms with Gasteiger partial charge in [0.1, 0.15) is 0 Å². The van der Waals surface area contributed by atoms with Crippen molar-refractivity contribution in [2.24, 2.45) is 5.73 Å². The molecule has 0 fully saturated rings. The summed E-state index contributed by atoms with van der Waals surface area (Å²) in [6, 6.07) is 8.78. The SMILES string of the molecule is CCCCCCCCSc1cccc(C(C)N)c1. The van der Waals surface area contributed by atoms with Crippen molar-refractivity contribution in [2.45, 2.75) is 63.3 Å². The van der Waals surface area contributed by atoms with E-state index >= 15 is 0 Å². The molecule has 102 valence electrons. The maximum absolute atomic E-state index is 5.90. The Bertz CT molecular complexity index is 323. The fourth-order valence-electron chi connectivity index (χ4n) is 1.96. The molecule has 0 saturated heterocycles. The third kappa shape index (κ3) is 6.46. The average Bonchev–Trinajstić information content (AvgIpc) is 2.38. The summed E-state index contributed by atoms with van der Waals surface area (Å²) in [7, 11) is 0. The Morgan fingerprint density at radius 3 is 2.56 bits per heavy atom. The Morgan fingerprint density at radius 1 is 1.11 bits per heavy atom. The van der Waals surface area contributed by atoms with E-state index in [4.69, 9.17) is 5.73 Å². The van der Waals surface area contributed by atoms with Crippen LogP contribution in [0, 0.1) is 0 Å².